The summed E-state index contributed by atoms with van der Waals surface area (Å²) in [4.78, 5) is 2.16. The van der Waals surface area contributed by atoms with Crippen molar-refractivity contribution in [2.75, 3.05) is 18.0 Å². The van der Waals surface area contributed by atoms with Crippen LogP contribution in [0.5, 0.6) is 0 Å². The Balaban J connectivity index is 2.20. The molecule has 134 valence electrons. The second-order valence-electron chi connectivity index (χ2n) is 5.86. The summed E-state index contributed by atoms with van der Waals surface area (Å²) in [6.07, 6.45) is 10.8. The Kier molecular flexibility index (Phi) is 6.99. The maximum Gasteiger partial charge on any atom is 0.137 e. The van der Waals surface area contributed by atoms with Crippen LogP contribution < -0.4 is 4.90 Å². The molecule has 0 bridgehead atoms. The summed E-state index contributed by atoms with van der Waals surface area (Å²) in [5, 5.41) is 18.1. The Morgan fingerprint density at radius 2 is 1.67 bits per heavy atom. The van der Waals surface area contributed by atoms with Gasteiger partial charge in [0.05, 0.1) is 0 Å². The predicted molar refractivity (Wildman–Crippen MR) is 109 cm³/mol. The third kappa shape index (κ3) is 5.36. The zero-order valence-electron chi connectivity index (χ0n) is 15.4. The number of allylic oxidation sites excluding steroid dienone is 6. The van der Waals surface area contributed by atoms with Gasteiger partial charge in [0.15, 0.2) is 0 Å². The lowest BCUT2D eigenvalue weighted by molar-refractivity contribution is 0.318. The number of nitrogens with zero attached hydrogens (tertiary/aromatic N) is 3. The third-order valence-electron chi connectivity index (χ3n) is 3.84. The number of anilines is 1. The quantitative estimate of drug-likeness (QED) is 0.508. The van der Waals surface area contributed by atoms with E-state index < -0.39 is 0 Å². The molecule has 0 radical (unpaired) electrons. The van der Waals surface area contributed by atoms with Crippen LogP contribution in [0.25, 0.3) is 6.08 Å². The van der Waals surface area contributed by atoms with E-state index in [4.69, 9.17) is 15.3 Å². The molecule has 27 heavy (non-hydrogen) atoms. The molecule has 0 unspecified atom stereocenters. The fraction of sp³-hybridized carbons (Fsp3) is 0.130. The Bertz CT molecular complexity index is 890. The van der Waals surface area contributed by atoms with Crippen molar-refractivity contribution in [3.05, 3.63) is 96.0 Å². The Labute approximate surface area is 160 Å². The molecule has 1 aliphatic rings. The number of hydrogen-bond donors (Lipinski definition) is 0. The molecule has 0 saturated carbocycles. The van der Waals surface area contributed by atoms with Crippen LogP contribution in [-0.4, -0.2) is 13.1 Å². The monoisotopic (exact) mass is 355 g/mol. The van der Waals surface area contributed by atoms with E-state index in [0.29, 0.717) is 17.1 Å². The minimum absolute atomic E-state index is 0.0671. The van der Waals surface area contributed by atoms with Gasteiger partial charge in [0, 0.05) is 24.4 Å². The number of rotatable bonds is 7. The molecule has 1 aliphatic heterocycles. The SMILES string of the molecule is C=CCN(CC=C)c1ccc(/C=C/C2=CC(=C(C#N)C#N)C=C(C)O2)cc1. The highest BCUT2D eigenvalue weighted by atomic mass is 16.5. The van der Waals surface area contributed by atoms with E-state index in [9.17, 15) is 0 Å². The molecule has 1 aromatic rings. The summed E-state index contributed by atoms with van der Waals surface area (Å²) in [6, 6.07) is 11.9. The molecule has 0 N–H and O–H groups in total. The van der Waals surface area contributed by atoms with Crippen molar-refractivity contribution < 1.29 is 4.74 Å². The van der Waals surface area contributed by atoms with Crippen molar-refractivity contribution in [1.82, 2.24) is 0 Å². The molecule has 0 saturated heterocycles. The molecule has 4 nitrogen and oxygen atoms in total. The Morgan fingerprint density at radius 3 is 2.22 bits per heavy atom. The average Bonchev–Trinajstić information content (AvgIpc) is 2.67. The van der Waals surface area contributed by atoms with E-state index in [1.165, 1.54) is 0 Å². The highest BCUT2D eigenvalue weighted by molar-refractivity contribution is 5.59. The van der Waals surface area contributed by atoms with Crippen molar-refractivity contribution in [3.63, 3.8) is 0 Å². The molecular formula is C23H21N3O. The molecule has 0 amide bonds. The first-order valence-corrected chi connectivity index (χ1v) is 8.48. The molecular weight excluding hydrogens is 334 g/mol. The largest absolute Gasteiger partial charge is 0.462 e. The predicted octanol–water partition coefficient (Wildman–Crippen LogP) is 5.04. The zero-order valence-corrected chi connectivity index (χ0v) is 15.4. The molecule has 0 atom stereocenters. The van der Waals surface area contributed by atoms with Gasteiger partial charge in [0.2, 0.25) is 0 Å². The lowest BCUT2D eigenvalue weighted by Crippen LogP contribution is -2.22. The normalized spacial score (nSPS) is 12.9. The zero-order chi connectivity index (χ0) is 19.6. The second kappa shape index (κ2) is 9.65. The summed E-state index contributed by atoms with van der Waals surface area (Å²) in [6.45, 7) is 10.9. The van der Waals surface area contributed by atoms with Crippen LogP contribution in [0, 0.1) is 22.7 Å². The van der Waals surface area contributed by atoms with Gasteiger partial charge in [-0.25, -0.2) is 0 Å². The van der Waals surface area contributed by atoms with Crippen LogP contribution in [0.15, 0.2) is 90.5 Å². The molecule has 1 aromatic carbocycles. The third-order valence-corrected chi connectivity index (χ3v) is 3.84. The van der Waals surface area contributed by atoms with Crippen molar-refractivity contribution in [2.45, 2.75) is 6.92 Å². The maximum absolute atomic E-state index is 9.04. The molecule has 0 spiro atoms. The first-order valence-electron chi connectivity index (χ1n) is 8.48. The van der Waals surface area contributed by atoms with Gasteiger partial charge in [-0.1, -0.05) is 30.4 Å². The van der Waals surface area contributed by atoms with Gasteiger partial charge in [-0.05, 0) is 42.8 Å². The molecule has 0 aromatic heterocycles. The first-order chi connectivity index (χ1) is 13.1. The average molecular weight is 355 g/mol. The van der Waals surface area contributed by atoms with Crippen LogP contribution in [0.4, 0.5) is 5.69 Å². The van der Waals surface area contributed by atoms with Gasteiger partial charge in [0.1, 0.15) is 29.2 Å². The first kappa shape index (κ1) is 19.6. The summed E-state index contributed by atoms with van der Waals surface area (Å²) in [5.41, 5.74) is 2.73. The van der Waals surface area contributed by atoms with Crippen molar-refractivity contribution in [2.24, 2.45) is 0 Å². The molecule has 2 rings (SSSR count). The highest BCUT2D eigenvalue weighted by Crippen LogP contribution is 2.23. The number of ether oxygens (including phenoxy) is 1. The van der Waals surface area contributed by atoms with E-state index in [1.807, 2.05) is 60.7 Å². The smallest absolute Gasteiger partial charge is 0.137 e. The van der Waals surface area contributed by atoms with Gasteiger partial charge in [-0.2, -0.15) is 10.5 Å². The molecule has 1 heterocycles. The van der Waals surface area contributed by atoms with Crippen LogP contribution in [-0.2, 0) is 4.74 Å². The molecule has 0 fully saturated rings. The van der Waals surface area contributed by atoms with Crippen LogP contribution >= 0.6 is 0 Å². The van der Waals surface area contributed by atoms with Crippen LogP contribution in [0.2, 0.25) is 0 Å². The summed E-state index contributed by atoms with van der Waals surface area (Å²) in [7, 11) is 0. The number of hydrogen-bond acceptors (Lipinski definition) is 4. The van der Waals surface area contributed by atoms with Crippen molar-refractivity contribution in [3.8, 4) is 12.1 Å². The standard InChI is InChI=1S/C23H21N3O/c1-4-12-26(13-5-2)22-9-6-19(7-10-22)8-11-23-15-20(14-18(3)27-23)21(16-24)17-25/h4-11,14-15H,1-2,12-13H2,3H3/b11-8+. The van der Waals surface area contributed by atoms with E-state index in [1.54, 1.807) is 19.1 Å². The topological polar surface area (TPSA) is 60.0 Å². The summed E-state index contributed by atoms with van der Waals surface area (Å²) >= 11 is 0. The number of benzene rings is 1. The Hall–Kier alpha value is -3.76. The van der Waals surface area contributed by atoms with Crippen molar-refractivity contribution >= 4 is 11.8 Å². The minimum atomic E-state index is 0.0671. The van der Waals surface area contributed by atoms with Crippen LogP contribution in [0.1, 0.15) is 12.5 Å². The van der Waals surface area contributed by atoms with Gasteiger partial charge in [0.25, 0.3) is 0 Å². The fourth-order valence-electron chi connectivity index (χ4n) is 2.61. The van der Waals surface area contributed by atoms with Gasteiger partial charge < -0.3 is 9.64 Å². The van der Waals surface area contributed by atoms with Crippen LogP contribution in [0.3, 0.4) is 0 Å². The molecule has 4 heteroatoms. The van der Waals surface area contributed by atoms with E-state index in [2.05, 4.69) is 18.1 Å². The summed E-state index contributed by atoms with van der Waals surface area (Å²) < 4.78 is 5.66. The van der Waals surface area contributed by atoms with E-state index in [-0.39, 0.29) is 5.57 Å². The van der Waals surface area contributed by atoms with Gasteiger partial charge >= 0.3 is 0 Å². The minimum Gasteiger partial charge on any atom is -0.462 e. The lowest BCUT2D eigenvalue weighted by atomic mass is 10.1. The van der Waals surface area contributed by atoms with Gasteiger partial charge in [-0.3, -0.25) is 0 Å². The summed E-state index contributed by atoms with van der Waals surface area (Å²) in [5.74, 6) is 1.21. The molecule has 0 aliphatic carbocycles. The van der Waals surface area contributed by atoms with E-state index >= 15 is 0 Å². The van der Waals surface area contributed by atoms with Crippen molar-refractivity contribution in [1.29, 1.82) is 10.5 Å². The lowest BCUT2D eigenvalue weighted by Gasteiger charge is -2.21. The fourth-order valence-corrected chi connectivity index (χ4v) is 2.61. The highest BCUT2D eigenvalue weighted by Gasteiger charge is 2.10. The second-order valence-corrected chi connectivity index (χ2v) is 5.86. The Morgan fingerprint density at radius 1 is 1.04 bits per heavy atom. The van der Waals surface area contributed by atoms with E-state index in [0.717, 1.165) is 24.3 Å². The number of nitriles is 2. The maximum atomic E-state index is 9.04. The van der Waals surface area contributed by atoms with Gasteiger partial charge in [-0.15, -0.1) is 13.2 Å².